The molecule has 0 aromatic heterocycles. The molecule has 0 aliphatic carbocycles. The second-order valence-corrected chi connectivity index (χ2v) is 7.22. The third-order valence-electron chi connectivity index (χ3n) is 5.09. The summed E-state index contributed by atoms with van der Waals surface area (Å²) in [5.74, 6) is -9.39. The van der Waals surface area contributed by atoms with Crippen LogP contribution < -0.4 is 0 Å². The normalized spacial score (nSPS) is 17.5. The molecule has 0 bridgehead atoms. The molecule has 0 saturated carbocycles. The minimum absolute atomic E-state index is 0.410. The maximum Gasteiger partial charge on any atom is 0.165 e. The number of aliphatic hydroxyl groups is 6. The van der Waals surface area contributed by atoms with Crippen LogP contribution in [0.15, 0.2) is 24.3 Å². The molecule has 2 rings (SSSR count). The summed E-state index contributed by atoms with van der Waals surface area (Å²) in [5, 5.41) is 60.5. The third kappa shape index (κ3) is 5.05. The van der Waals surface area contributed by atoms with E-state index in [1.165, 1.54) is 0 Å². The van der Waals surface area contributed by atoms with Crippen LogP contribution in [0.25, 0.3) is 0 Å². The number of hydrogen-bond donors (Lipinski definition) is 6. The van der Waals surface area contributed by atoms with Crippen molar-refractivity contribution in [1.82, 2.24) is 0 Å². The lowest BCUT2D eigenvalue weighted by Crippen LogP contribution is -2.62. The lowest BCUT2D eigenvalue weighted by molar-refractivity contribution is -0.204. The van der Waals surface area contributed by atoms with Gasteiger partial charge in [0, 0.05) is 24.0 Å². The average molecular weight is 470 g/mol. The van der Waals surface area contributed by atoms with Gasteiger partial charge in [-0.3, -0.25) is 0 Å². The molecule has 0 fully saturated rings. The molecule has 6 N–H and O–H groups in total. The van der Waals surface area contributed by atoms with Gasteiger partial charge < -0.3 is 30.6 Å². The van der Waals surface area contributed by atoms with Crippen molar-refractivity contribution in [1.29, 1.82) is 0 Å². The van der Waals surface area contributed by atoms with Crippen LogP contribution in [-0.4, -0.2) is 67.3 Å². The van der Waals surface area contributed by atoms with E-state index in [0.717, 1.165) is 0 Å². The van der Waals surface area contributed by atoms with Gasteiger partial charge in [0.15, 0.2) is 23.3 Å². The minimum Gasteiger partial charge on any atom is -0.394 e. The Morgan fingerprint density at radius 2 is 1.06 bits per heavy atom. The minimum atomic E-state index is -3.28. The Hall–Kier alpha value is -2.22. The highest BCUT2D eigenvalue weighted by Crippen LogP contribution is 2.31. The van der Waals surface area contributed by atoms with Gasteiger partial charge >= 0.3 is 0 Å². The van der Waals surface area contributed by atoms with Crippen LogP contribution in [0.2, 0.25) is 0 Å². The molecule has 178 valence electrons. The van der Waals surface area contributed by atoms with Crippen molar-refractivity contribution in [2.24, 2.45) is 0 Å². The molecule has 32 heavy (non-hydrogen) atoms. The highest BCUT2D eigenvalue weighted by molar-refractivity contribution is 5.26. The van der Waals surface area contributed by atoms with E-state index in [-0.39, 0.29) is 0 Å². The Morgan fingerprint density at radius 3 is 1.56 bits per heavy atom. The number of rotatable bonds is 9. The molecule has 5 atom stereocenters. The topological polar surface area (TPSA) is 121 Å². The van der Waals surface area contributed by atoms with Crippen LogP contribution in [0.1, 0.15) is 11.1 Å². The van der Waals surface area contributed by atoms with E-state index in [4.69, 9.17) is 5.11 Å². The zero-order chi connectivity index (χ0) is 24.4. The van der Waals surface area contributed by atoms with Gasteiger partial charge in [-0.05, 0) is 24.3 Å². The van der Waals surface area contributed by atoms with Gasteiger partial charge in [-0.1, -0.05) is 0 Å². The zero-order valence-corrected chi connectivity index (χ0v) is 16.2. The predicted molar refractivity (Wildman–Crippen MR) is 96.1 cm³/mol. The molecule has 0 radical (unpaired) electrons. The monoisotopic (exact) mass is 470 g/mol. The number of benzene rings is 2. The van der Waals surface area contributed by atoms with Gasteiger partial charge in [0.2, 0.25) is 0 Å². The Balaban J connectivity index is 2.48. The molecule has 6 nitrogen and oxygen atoms in total. The van der Waals surface area contributed by atoms with Crippen LogP contribution in [0.5, 0.6) is 0 Å². The van der Waals surface area contributed by atoms with Crippen molar-refractivity contribution < 1.29 is 57.0 Å². The second-order valence-electron chi connectivity index (χ2n) is 7.22. The fourth-order valence-corrected chi connectivity index (χ4v) is 3.24. The molecule has 0 saturated heterocycles. The van der Waals surface area contributed by atoms with Crippen molar-refractivity contribution in [2.45, 2.75) is 42.9 Å². The summed E-state index contributed by atoms with van der Waals surface area (Å²) < 4.78 is 82.8. The first-order valence-corrected chi connectivity index (χ1v) is 9.15. The van der Waals surface area contributed by atoms with Gasteiger partial charge in [0.25, 0.3) is 0 Å². The molecule has 0 aliphatic rings. The SMILES string of the molecule is OC[C@H](O)[C@@H](O)[C@@](O)(Cc1c(F)ccc(F)c1F)[C@H](O)C(O)Cc1c(F)ccc(F)c1F. The quantitative estimate of drug-likeness (QED) is 0.234. The van der Waals surface area contributed by atoms with Crippen LogP contribution in [0.3, 0.4) is 0 Å². The van der Waals surface area contributed by atoms with Gasteiger partial charge in [-0.25, -0.2) is 26.3 Å². The van der Waals surface area contributed by atoms with Crippen molar-refractivity contribution in [3.05, 3.63) is 70.3 Å². The maximum atomic E-state index is 14.1. The lowest BCUT2D eigenvalue weighted by Gasteiger charge is -2.40. The first-order valence-electron chi connectivity index (χ1n) is 9.15. The molecular weight excluding hydrogens is 450 g/mol. The van der Waals surface area contributed by atoms with Gasteiger partial charge in [-0.15, -0.1) is 0 Å². The van der Waals surface area contributed by atoms with E-state index < -0.39 is 95.5 Å². The molecule has 0 heterocycles. The van der Waals surface area contributed by atoms with Crippen molar-refractivity contribution in [2.75, 3.05) is 6.61 Å². The van der Waals surface area contributed by atoms with E-state index >= 15 is 0 Å². The second kappa shape index (κ2) is 10.1. The number of halogens is 6. The van der Waals surface area contributed by atoms with Crippen molar-refractivity contribution in [3.8, 4) is 0 Å². The molecule has 0 aliphatic heterocycles. The molecule has 1 unspecified atom stereocenters. The summed E-state index contributed by atoms with van der Waals surface area (Å²) in [6, 6.07) is 1.83. The fourth-order valence-electron chi connectivity index (χ4n) is 3.24. The van der Waals surface area contributed by atoms with Crippen molar-refractivity contribution >= 4 is 0 Å². The Kier molecular flexibility index (Phi) is 8.26. The first-order chi connectivity index (χ1) is 14.8. The van der Waals surface area contributed by atoms with E-state index in [1.807, 2.05) is 0 Å². The largest absolute Gasteiger partial charge is 0.394 e. The number of hydrogen-bond acceptors (Lipinski definition) is 6. The Labute approximate surface area is 177 Å². The summed E-state index contributed by atoms with van der Waals surface area (Å²) >= 11 is 0. The third-order valence-corrected chi connectivity index (χ3v) is 5.09. The summed E-state index contributed by atoms with van der Waals surface area (Å²) in [6.45, 7) is -1.23. The number of aliphatic hydroxyl groups excluding tert-OH is 5. The molecular formula is C20H20F6O6. The molecule has 2 aromatic rings. The standard InChI is InChI=1S/C20H20F6O6/c21-10-1-3-12(23)16(25)8(10)5-14(28)18(30)20(32,19(31)15(29)7-27)6-9-11(22)2-4-13(24)17(9)26/h1-4,14-15,18-19,27-32H,5-7H2/t14?,15-,18+,19+,20+/m0/s1. The smallest absolute Gasteiger partial charge is 0.165 e. The Bertz CT molecular complexity index is 961. The fraction of sp³-hybridized carbons (Fsp3) is 0.400. The first kappa shape index (κ1) is 26.0. The summed E-state index contributed by atoms with van der Waals surface area (Å²) in [7, 11) is 0. The highest BCUT2D eigenvalue weighted by Gasteiger charge is 2.49. The Morgan fingerprint density at radius 1 is 0.656 bits per heavy atom. The van der Waals surface area contributed by atoms with Crippen molar-refractivity contribution in [3.63, 3.8) is 0 Å². The predicted octanol–water partition coefficient (Wildman–Crippen LogP) is 0.473. The molecule has 12 heteroatoms. The van der Waals surface area contributed by atoms with Crippen LogP contribution in [0, 0.1) is 34.9 Å². The van der Waals surface area contributed by atoms with Crippen LogP contribution in [0.4, 0.5) is 26.3 Å². The molecule has 2 aromatic carbocycles. The highest BCUT2D eigenvalue weighted by atomic mass is 19.2. The van der Waals surface area contributed by atoms with Gasteiger partial charge in [0.05, 0.1) is 12.7 Å². The molecule has 0 amide bonds. The van der Waals surface area contributed by atoms with E-state index in [1.54, 1.807) is 0 Å². The lowest BCUT2D eigenvalue weighted by atomic mass is 9.78. The van der Waals surface area contributed by atoms with Crippen LogP contribution >= 0.6 is 0 Å². The van der Waals surface area contributed by atoms with Gasteiger partial charge in [-0.2, -0.15) is 0 Å². The summed E-state index contributed by atoms with van der Waals surface area (Å²) in [6.07, 6.45) is -12.6. The molecule has 0 spiro atoms. The van der Waals surface area contributed by atoms with E-state index in [0.29, 0.717) is 24.3 Å². The van der Waals surface area contributed by atoms with Gasteiger partial charge in [0.1, 0.15) is 35.5 Å². The maximum absolute atomic E-state index is 14.1. The zero-order valence-electron chi connectivity index (χ0n) is 16.2. The van der Waals surface area contributed by atoms with E-state index in [2.05, 4.69) is 0 Å². The average Bonchev–Trinajstić information content (AvgIpc) is 2.77. The summed E-state index contributed by atoms with van der Waals surface area (Å²) in [5.41, 5.74) is -5.54. The summed E-state index contributed by atoms with van der Waals surface area (Å²) in [4.78, 5) is 0. The van der Waals surface area contributed by atoms with Crippen LogP contribution in [-0.2, 0) is 12.8 Å². The van der Waals surface area contributed by atoms with E-state index in [9.17, 15) is 51.9 Å².